The van der Waals surface area contributed by atoms with Gasteiger partial charge in [-0.15, -0.1) is 0 Å². The first-order valence-corrected chi connectivity index (χ1v) is 6.08. The van der Waals surface area contributed by atoms with Gasteiger partial charge >= 0.3 is 6.18 Å². The van der Waals surface area contributed by atoms with Crippen LogP contribution in [0.2, 0.25) is 0 Å². The summed E-state index contributed by atoms with van der Waals surface area (Å²) in [6.07, 6.45) is -6.95. The second kappa shape index (κ2) is 13.0. The largest absolute Gasteiger partial charge is 0.433 e. The highest BCUT2D eigenvalue weighted by Gasteiger charge is 2.39. The number of hydrogen-bond donors (Lipinski definition) is 1. The number of alkyl halides is 4. The van der Waals surface area contributed by atoms with Gasteiger partial charge in [0.15, 0.2) is 0 Å². The highest BCUT2D eigenvalue weighted by Crippen LogP contribution is 2.20. The van der Waals surface area contributed by atoms with E-state index in [9.17, 15) is 17.6 Å². The van der Waals surface area contributed by atoms with Crippen LogP contribution in [0.15, 0.2) is 0 Å². The Hall–Kier alpha value is -0.400. The molecule has 0 amide bonds. The molecule has 18 heavy (non-hydrogen) atoms. The molecular formula is C11H23F4NO2. The Bertz CT molecular complexity index is 168. The van der Waals surface area contributed by atoms with Gasteiger partial charge in [-0.1, -0.05) is 20.8 Å². The van der Waals surface area contributed by atoms with Crippen LogP contribution in [0, 0.1) is 0 Å². The Kier molecular flexibility index (Phi) is 14.4. The summed E-state index contributed by atoms with van der Waals surface area (Å²) in [5.74, 6) is 0. The summed E-state index contributed by atoms with van der Waals surface area (Å²) in [5.41, 5.74) is 0. The molecule has 0 aromatic carbocycles. The lowest BCUT2D eigenvalue weighted by molar-refractivity contribution is -0.189. The third-order valence-electron chi connectivity index (χ3n) is 1.58. The molecule has 0 heterocycles. The number of hydrogen-bond acceptors (Lipinski definition) is 3. The highest BCUT2D eigenvalue weighted by molar-refractivity contribution is 4.62. The molecule has 0 radical (unpaired) electrons. The first-order chi connectivity index (χ1) is 8.48. The van der Waals surface area contributed by atoms with E-state index in [1.165, 1.54) is 0 Å². The molecule has 0 saturated carbocycles. The van der Waals surface area contributed by atoms with E-state index in [-0.39, 0.29) is 13.2 Å². The maximum Gasteiger partial charge on any atom is 0.433 e. The maximum absolute atomic E-state index is 12.3. The molecule has 0 aliphatic carbocycles. The molecule has 1 atom stereocenters. The standard InChI is InChI=1S/C9H17F4NO2.C2H6/c1-2-4-15-6-7-16-5-3-14-8(10)9(11,12)13;1-2/h8,14H,2-7H2,1H3;1-2H3. The van der Waals surface area contributed by atoms with Crippen molar-refractivity contribution in [3.63, 3.8) is 0 Å². The first kappa shape index (κ1) is 19.9. The van der Waals surface area contributed by atoms with Crippen LogP contribution in [-0.4, -0.2) is 45.4 Å². The maximum atomic E-state index is 12.3. The van der Waals surface area contributed by atoms with Gasteiger partial charge in [-0.05, 0) is 6.42 Å². The normalized spacial score (nSPS) is 12.8. The van der Waals surface area contributed by atoms with Crippen LogP contribution in [-0.2, 0) is 9.47 Å². The van der Waals surface area contributed by atoms with Crippen molar-refractivity contribution in [2.75, 3.05) is 33.0 Å². The van der Waals surface area contributed by atoms with Gasteiger partial charge in [0.2, 0.25) is 6.30 Å². The predicted molar refractivity (Wildman–Crippen MR) is 62.2 cm³/mol. The van der Waals surface area contributed by atoms with E-state index in [2.05, 4.69) is 0 Å². The Labute approximate surface area is 106 Å². The predicted octanol–water partition coefficient (Wildman–Crippen LogP) is 2.90. The Balaban J connectivity index is 0. The van der Waals surface area contributed by atoms with Gasteiger partial charge in [0, 0.05) is 13.2 Å². The lowest BCUT2D eigenvalue weighted by Gasteiger charge is -2.13. The molecule has 0 aliphatic rings. The second-order valence-electron chi connectivity index (χ2n) is 3.08. The minimum Gasteiger partial charge on any atom is -0.379 e. The number of nitrogens with one attached hydrogen (secondary N) is 1. The van der Waals surface area contributed by atoms with Crippen molar-refractivity contribution in [2.24, 2.45) is 0 Å². The van der Waals surface area contributed by atoms with Crippen molar-refractivity contribution in [2.45, 2.75) is 39.7 Å². The minimum absolute atomic E-state index is 0.0198. The van der Waals surface area contributed by atoms with Crippen LogP contribution in [0.4, 0.5) is 17.6 Å². The van der Waals surface area contributed by atoms with Crippen molar-refractivity contribution < 1.29 is 27.0 Å². The lowest BCUT2D eigenvalue weighted by Crippen LogP contribution is -2.40. The lowest BCUT2D eigenvalue weighted by atomic mass is 10.5. The van der Waals surface area contributed by atoms with Gasteiger partial charge in [0.1, 0.15) is 0 Å². The van der Waals surface area contributed by atoms with E-state index in [1.807, 2.05) is 20.8 Å². The first-order valence-electron chi connectivity index (χ1n) is 6.08. The molecule has 112 valence electrons. The molecule has 7 heteroatoms. The van der Waals surface area contributed by atoms with Crippen LogP contribution in [0.5, 0.6) is 0 Å². The van der Waals surface area contributed by atoms with E-state index in [0.717, 1.165) is 6.42 Å². The zero-order valence-corrected chi connectivity index (χ0v) is 11.1. The van der Waals surface area contributed by atoms with E-state index in [1.54, 1.807) is 5.32 Å². The minimum atomic E-state index is -4.86. The fourth-order valence-electron chi connectivity index (χ4n) is 0.840. The number of ether oxygens (including phenoxy) is 2. The van der Waals surface area contributed by atoms with E-state index in [0.29, 0.717) is 19.8 Å². The summed E-state index contributed by atoms with van der Waals surface area (Å²) in [4.78, 5) is 0. The summed E-state index contributed by atoms with van der Waals surface area (Å²) < 4.78 is 57.3. The second-order valence-corrected chi connectivity index (χ2v) is 3.08. The van der Waals surface area contributed by atoms with Crippen molar-refractivity contribution >= 4 is 0 Å². The molecule has 1 unspecified atom stereocenters. The molecular weight excluding hydrogens is 254 g/mol. The fraction of sp³-hybridized carbons (Fsp3) is 1.00. The van der Waals surface area contributed by atoms with Gasteiger partial charge in [-0.2, -0.15) is 13.2 Å². The molecule has 0 spiro atoms. The zero-order chi connectivity index (χ0) is 14.4. The molecule has 3 nitrogen and oxygen atoms in total. The van der Waals surface area contributed by atoms with Crippen molar-refractivity contribution in [3.05, 3.63) is 0 Å². The smallest absolute Gasteiger partial charge is 0.379 e. The molecule has 0 aromatic rings. The van der Waals surface area contributed by atoms with Gasteiger partial charge in [-0.25, -0.2) is 4.39 Å². The molecule has 1 N–H and O–H groups in total. The molecule has 0 aliphatic heterocycles. The summed E-state index contributed by atoms with van der Waals surface area (Å²) in [6.45, 7) is 7.11. The molecule has 0 aromatic heterocycles. The van der Waals surface area contributed by atoms with Crippen LogP contribution in [0.3, 0.4) is 0 Å². The monoisotopic (exact) mass is 277 g/mol. The Morgan fingerprint density at radius 1 is 1.00 bits per heavy atom. The van der Waals surface area contributed by atoms with Crippen LogP contribution >= 0.6 is 0 Å². The van der Waals surface area contributed by atoms with Gasteiger partial charge in [0.25, 0.3) is 0 Å². The van der Waals surface area contributed by atoms with Crippen molar-refractivity contribution in [3.8, 4) is 0 Å². The molecule has 0 bridgehead atoms. The van der Waals surface area contributed by atoms with Gasteiger partial charge in [-0.3, -0.25) is 5.32 Å². The highest BCUT2D eigenvalue weighted by atomic mass is 19.4. The molecule has 0 fully saturated rings. The number of rotatable bonds is 9. The van der Waals surface area contributed by atoms with Gasteiger partial charge < -0.3 is 9.47 Å². The zero-order valence-electron chi connectivity index (χ0n) is 11.1. The molecule has 0 saturated heterocycles. The third kappa shape index (κ3) is 13.7. The van der Waals surface area contributed by atoms with Crippen LogP contribution < -0.4 is 5.32 Å². The summed E-state index contributed by atoms with van der Waals surface area (Å²) in [5, 5.41) is 1.67. The Morgan fingerprint density at radius 3 is 1.94 bits per heavy atom. The van der Waals surface area contributed by atoms with Crippen LogP contribution in [0.1, 0.15) is 27.2 Å². The third-order valence-corrected chi connectivity index (χ3v) is 1.58. The fourth-order valence-corrected chi connectivity index (χ4v) is 0.840. The van der Waals surface area contributed by atoms with E-state index >= 15 is 0 Å². The topological polar surface area (TPSA) is 30.5 Å². The quantitative estimate of drug-likeness (QED) is 0.399. The van der Waals surface area contributed by atoms with Gasteiger partial charge in [0.05, 0.1) is 19.8 Å². The van der Waals surface area contributed by atoms with E-state index in [4.69, 9.17) is 9.47 Å². The Morgan fingerprint density at radius 2 is 1.50 bits per heavy atom. The van der Waals surface area contributed by atoms with Crippen molar-refractivity contribution in [1.29, 1.82) is 0 Å². The summed E-state index contributed by atoms with van der Waals surface area (Å²) in [6, 6.07) is 0. The summed E-state index contributed by atoms with van der Waals surface area (Å²) in [7, 11) is 0. The average Bonchev–Trinajstić information content (AvgIpc) is 2.33. The summed E-state index contributed by atoms with van der Waals surface area (Å²) >= 11 is 0. The van der Waals surface area contributed by atoms with E-state index < -0.39 is 12.5 Å². The van der Waals surface area contributed by atoms with Crippen molar-refractivity contribution in [1.82, 2.24) is 5.32 Å². The average molecular weight is 277 g/mol. The molecule has 0 rings (SSSR count). The SMILES string of the molecule is CC.CCCOCCOCCNC(F)C(F)(F)F. The van der Waals surface area contributed by atoms with Crippen LogP contribution in [0.25, 0.3) is 0 Å². The number of halogens is 4.